The molecule has 4 heteroatoms. The number of ether oxygens (including phenoxy) is 1. The summed E-state index contributed by atoms with van der Waals surface area (Å²) in [6.07, 6.45) is 13.4. The van der Waals surface area contributed by atoms with Gasteiger partial charge in [0.1, 0.15) is 12.4 Å². The lowest BCUT2D eigenvalue weighted by Gasteiger charge is -2.42. The van der Waals surface area contributed by atoms with E-state index < -0.39 is 0 Å². The highest BCUT2D eigenvalue weighted by atomic mass is 16.5. The van der Waals surface area contributed by atoms with Gasteiger partial charge in [-0.1, -0.05) is 19.3 Å². The minimum absolute atomic E-state index is 0.511. The SMILES string of the molecule is c1ncc(N2CCC3CCCCC3C2)cc1OCC1CCCN1. The van der Waals surface area contributed by atoms with Crippen molar-refractivity contribution in [3.63, 3.8) is 0 Å². The van der Waals surface area contributed by atoms with E-state index in [0.717, 1.165) is 30.7 Å². The van der Waals surface area contributed by atoms with Crippen molar-refractivity contribution in [2.75, 3.05) is 31.1 Å². The monoisotopic (exact) mass is 315 g/mol. The van der Waals surface area contributed by atoms with Crippen molar-refractivity contribution in [3.8, 4) is 5.75 Å². The van der Waals surface area contributed by atoms with Crippen LogP contribution in [-0.4, -0.2) is 37.3 Å². The standard InChI is InChI=1S/C19H29N3O/c1-2-5-16-13-22(9-7-15(16)4-1)18-10-19(12-20-11-18)23-14-17-6-3-8-21-17/h10-12,15-17,21H,1-9,13-14H2. The summed E-state index contributed by atoms with van der Waals surface area (Å²) in [7, 11) is 0. The van der Waals surface area contributed by atoms with E-state index in [2.05, 4.69) is 21.3 Å². The predicted molar refractivity (Wildman–Crippen MR) is 93.0 cm³/mol. The highest BCUT2D eigenvalue weighted by molar-refractivity contribution is 5.48. The lowest BCUT2D eigenvalue weighted by atomic mass is 9.75. The number of hydrogen-bond acceptors (Lipinski definition) is 4. The summed E-state index contributed by atoms with van der Waals surface area (Å²) in [6, 6.07) is 2.70. The fourth-order valence-electron chi connectivity index (χ4n) is 4.59. The van der Waals surface area contributed by atoms with Crippen LogP contribution in [0.1, 0.15) is 44.9 Å². The first-order valence-electron chi connectivity index (χ1n) is 9.45. The largest absolute Gasteiger partial charge is 0.490 e. The fourth-order valence-corrected chi connectivity index (χ4v) is 4.59. The molecule has 2 aliphatic heterocycles. The molecule has 1 saturated carbocycles. The second-order valence-electron chi connectivity index (χ2n) is 7.52. The van der Waals surface area contributed by atoms with Gasteiger partial charge in [-0.25, -0.2) is 0 Å². The number of aromatic nitrogens is 1. The minimum atomic E-state index is 0.511. The van der Waals surface area contributed by atoms with Gasteiger partial charge in [-0.15, -0.1) is 0 Å². The summed E-state index contributed by atoms with van der Waals surface area (Å²) in [4.78, 5) is 6.95. The molecule has 2 saturated heterocycles. The van der Waals surface area contributed by atoms with Crippen LogP contribution < -0.4 is 15.0 Å². The van der Waals surface area contributed by atoms with Crippen molar-refractivity contribution >= 4 is 5.69 Å². The number of fused-ring (bicyclic) bond motifs is 1. The zero-order valence-electron chi connectivity index (χ0n) is 14.0. The lowest BCUT2D eigenvalue weighted by Crippen LogP contribution is -2.41. The maximum atomic E-state index is 5.98. The second kappa shape index (κ2) is 7.08. The first-order chi connectivity index (χ1) is 11.4. The summed E-state index contributed by atoms with van der Waals surface area (Å²) < 4.78 is 5.98. The summed E-state index contributed by atoms with van der Waals surface area (Å²) in [5, 5.41) is 3.48. The van der Waals surface area contributed by atoms with Gasteiger partial charge in [0.15, 0.2) is 0 Å². The van der Waals surface area contributed by atoms with Crippen molar-refractivity contribution < 1.29 is 4.74 Å². The smallest absolute Gasteiger partial charge is 0.139 e. The van der Waals surface area contributed by atoms with Crippen LogP contribution >= 0.6 is 0 Å². The Labute approximate surface area is 139 Å². The quantitative estimate of drug-likeness (QED) is 0.925. The van der Waals surface area contributed by atoms with Crippen LogP contribution in [-0.2, 0) is 0 Å². The maximum absolute atomic E-state index is 5.98. The molecule has 23 heavy (non-hydrogen) atoms. The molecule has 0 spiro atoms. The molecule has 1 N–H and O–H groups in total. The van der Waals surface area contributed by atoms with Crippen LogP contribution in [0.3, 0.4) is 0 Å². The van der Waals surface area contributed by atoms with Gasteiger partial charge >= 0.3 is 0 Å². The van der Waals surface area contributed by atoms with E-state index in [4.69, 9.17) is 4.74 Å². The predicted octanol–water partition coefficient (Wildman–Crippen LogP) is 3.23. The normalized spacial score (nSPS) is 31.0. The van der Waals surface area contributed by atoms with Gasteiger partial charge in [-0.2, -0.15) is 0 Å². The highest BCUT2D eigenvalue weighted by Crippen LogP contribution is 2.37. The Morgan fingerprint density at radius 2 is 2.00 bits per heavy atom. The third-order valence-electron chi connectivity index (χ3n) is 5.97. The molecular weight excluding hydrogens is 286 g/mol. The molecule has 3 fully saturated rings. The molecule has 3 unspecified atom stereocenters. The van der Waals surface area contributed by atoms with E-state index in [0.29, 0.717) is 6.04 Å². The van der Waals surface area contributed by atoms with Crippen LogP contribution in [0.15, 0.2) is 18.5 Å². The third kappa shape index (κ3) is 3.63. The van der Waals surface area contributed by atoms with Crippen LogP contribution in [0.2, 0.25) is 0 Å². The van der Waals surface area contributed by atoms with Gasteiger partial charge in [0.05, 0.1) is 18.1 Å². The van der Waals surface area contributed by atoms with E-state index in [1.165, 1.54) is 63.7 Å². The Morgan fingerprint density at radius 1 is 1.09 bits per heavy atom. The molecule has 1 aromatic heterocycles. The Bertz CT molecular complexity index is 515. The molecule has 3 heterocycles. The van der Waals surface area contributed by atoms with Gasteiger partial charge in [0.2, 0.25) is 0 Å². The first kappa shape index (κ1) is 15.3. The van der Waals surface area contributed by atoms with Crippen LogP contribution in [0.5, 0.6) is 5.75 Å². The number of pyridine rings is 1. The fraction of sp³-hybridized carbons (Fsp3) is 0.737. The number of anilines is 1. The molecule has 0 bridgehead atoms. The zero-order valence-corrected chi connectivity index (χ0v) is 14.0. The van der Waals surface area contributed by atoms with Crippen molar-refractivity contribution in [2.45, 2.75) is 51.0 Å². The number of rotatable bonds is 4. The Balaban J connectivity index is 1.37. The van der Waals surface area contributed by atoms with E-state index >= 15 is 0 Å². The van der Waals surface area contributed by atoms with Crippen LogP contribution in [0.4, 0.5) is 5.69 Å². The van der Waals surface area contributed by atoms with Gasteiger partial charge in [0.25, 0.3) is 0 Å². The Kier molecular flexibility index (Phi) is 4.69. The summed E-state index contributed by atoms with van der Waals surface area (Å²) in [6.45, 7) is 4.27. The van der Waals surface area contributed by atoms with E-state index in [9.17, 15) is 0 Å². The molecule has 0 aromatic carbocycles. The van der Waals surface area contributed by atoms with Crippen molar-refractivity contribution in [1.82, 2.24) is 10.3 Å². The average molecular weight is 315 g/mol. The average Bonchev–Trinajstić information content (AvgIpc) is 3.13. The van der Waals surface area contributed by atoms with Crippen LogP contribution in [0, 0.1) is 11.8 Å². The zero-order chi connectivity index (χ0) is 15.5. The molecule has 4 nitrogen and oxygen atoms in total. The first-order valence-corrected chi connectivity index (χ1v) is 9.45. The van der Waals surface area contributed by atoms with Crippen molar-refractivity contribution in [3.05, 3.63) is 18.5 Å². The molecule has 3 atom stereocenters. The Hall–Kier alpha value is -1.29. The number of hydrogen-bond donors (Lipinski definition) is 1. The number of nitrogens with one attached hydrogen (secondary N) is 1. The van der Waals surface area contributed by atoms with E-state index in [1.54, 1.807) is 0 Å². The second-order valence-corrected chi connectivity index (χ2v) is 7.52. The van der Waals surface area contributed by atoms with Gasteiger partial charge in [0, 0.05) is 25.2 Å². The Morgan fingerprint density at radius 3 is 2.87 bits per heavy atom. The molecule has 3 aliphatic rings. The molecule has 0 amide bonds. The van der Waals surface area contributed by atoms with Crippen LogP contribution in [0.25, 0.3) is 0 Å². The van der Waals surface area contributed by atoms with Gasteiger partial charge in [-0.3, -0.25) is 4.98 Å². The molecule has 1 aliphatic carbocycles. The molecule has 4 rings (SSSR count). The summed E-state index contributed by atoms with van der Waals surface area (Å²) in [5.74, 6) is 2.78. The molecule has 1 aromatic rings. The molecule has 0 radical (unpaired) electrons. The van der Waals surface area contributed by atoms with Crippen molar-refractivity contribution in [1.29, 1.82) is 0 Å². The highest BCUT2D eigenvalue weighted by Gasteiger charge is 2.31. The molecular formula is C19H29N3O. The van der Waals surface area contributed by atoms with E-state index in [1.807, 2.05) is 12.4 Å². The maximum Gasteiger partial charge on any atom is 0.139 e. The molecule has 126 valence electrons. The van der Waals surface area contributed by atoms with Gasteiger partial charge in [-0.05, 0) is 44.1 Å². The van der Waals surface area contributed by atoms with Gasteiger partial charge < -0.3 is 15.0 Å². The summed E-state index contributed by atoms with van der Waals surface area (Å²) >= 11 is 0. The summed E-state index contributed by atoms with van der Waals surface area (Å²) in [5.41, 5.74) is 1.24. The minimum Gasteiger partial charge on any atom is -0.490 e. The third-order valence-corrected chi connectivity index (χ3v) is 5.97. The number of nitrogens with zero attached hydrogens (tertiary/aromatic N) is 2. The van der Waals surface area contributed by atoms with E-state index in [-0.39, 0.29) is 0 Å². The number of piperidine rings is 1. The topological polar surface area (TPSA) is 37.4 Å². The lowest BCUT2D eigenvalue weighted by molar-refractivity contribution is 0.202. The van der Waals surface area contributed by atoms with Crippen molar-refractivity contribution in [2.24, 2.45) is 11.8 Å².